The van der Waals surface area contributed by atoms with E-state index in [2.05, 4.69) is 4.98 Å². The number of nitrogens with zero attached hydrogens (tertiary/aromatic N) is 2. The molecule has 2 rings (SSSR count). The molecule has 0 atom stereocenters. The van der Waals surface area contributed by atoms with Crippen molar-refractivity contribution in [2.75, 3.05) is 6.54 Å². The van der Waals surface area contributed by atoms with Crippen molar-refractivity contribution >= 4 is 28.7 Å². The lowest BCUT2D eigenvalue weighted by Gasteiger charge is -2.20. The maximum atomic E-state index is 5.94. The fraction of sp³-hybridized carbons (Fsp3) is 0.167. The summed E-state index contributed by atoms with van der Waals surface area (Å²) in [7, 11) is 0. The zero-order valence-corrected chi connectivity index (χ0v) is 10.7. The average molecular weight is 266 g/mol. The predicted octanol–water partition coefficient (Wildman–Crippen LogP) is 2.28. The van der Waals surface area contributed by atoms with Crippen LogP contribution in [0.4, 0.5) is 0 Å². The number of hydrazine groups is 1. The highest BCUT2D eigenvalue weighted by Gasteiger charge is 2.10. The van der Waals surface area contributed by atoms with Crippen molar-refractivity contribution in [1.82, 2.24) is 9.99 Å². The maximum Gasteiger partial charge on any atom is 0.129 e. The van der Waals surface area contributed by atoms with E-state index in [9.17, 15) is 0 Å². The normalized spacial score (nSPS) is 15.8. The molecular formula is C12H12ClN3S. The van der Waals surface area contributed by atoms with Crippen LogP contribution in [-0.2, 0) is 6.42 Å². The largest absolute Gasteiger partial charge is 0.310 e. The van der Waals surface area contributed by atoms with Crippen LogP contribution < -0.4 is 5.84 Å². The molecule has 0 radical (unpaired) electrons. The Morgan fingerprint density at radius 2 is 2.29 bits per heavy atom. The van der Waals surface area contributed by atoms with Crippen LogP contribution in [-0.4, -0.2) is 21.4 Å². The molecule has 0 spiro atoms. The van der Waals surface area contributed by atoms with Crippen molar-refractivity contribution in [3.05, 3.63) is 53.0 Å². The third-order valence-corrected chi connectivity index (χ3v) is 2.93. The second-order valence-corrected chi connectivity index (χ2v) is 4.69. The number of hydrogen-bond acceptors (Lipinski definition) is 4. The predicted molar refractivity (Wildman–Crippen MR) is 73.7 cm³/mol. The van der Waals surface area contributed by atoms with Gasteiger partial charge in [0.15, 0.2) is 0 Å². The van der Waals surface area contributed by atoms with Crippen molar-refractivity contribution in [1.29, 1.82) is 0 Å². The Morgan fingerprint density at radius 3 is 3.00 bits per heavy atom. The van der Waals surface area contributed by atoms with Gasteiger partial charge in [-0.2, -0.15) is 0 Å². The van der Waals surface area contributed by atoms with Gasteiger partial charge in [-0.1, -0.05) is 36.0 Å². The second kappa shape index (κ2) is 5.40. The van der Waals surface area contributed by atoms with E-state index >= 15 is 0 Å². The van der Waals surface area contributed by atoms with Gasteiger partial charge in [0, 0.05) is 23.2 Å². The van der Waals surface area contributed by atoms with Gasteiger partial charge >= 0.3 is 0 Å². The highest BCUT2D eigenvalue weighted by Crippen LogP contribution is 2.13. The molecule has 0 aliphatic carbocycles. The number of halogens is 1. The van der Waals surface area contributed by atoms with Crippen molar-refractivity contribution in [3.8, 4) is 0 Å². The van der Waals surface area contributed by atoms with Crippen LogP contribution >= 0.6 is 23.8 Å². The van der Waals surface area contributed by atoms with E-state index in [0.29, 0.717) is 18.1 Å². The van der Waals surface area contributed by atoms with E-state index in [1.165, 1.54) is 0 Å². The molecular weight excluding hydrogens is 254 g/mol. The quantitative estimate of drug-likeness (QED) is 0.506. The number of thiocarbonyl (C=S) groups is 1. The Morgan fingerprint density at radius 1 is 1.47 bits per heavy atom. The Bertz CT molecular complexity index is 479. The minimum Gasteiger partial charge on any atom is -0.310 e. The molecule has 1 aromatic heterocycles. The first-order chi connectivity index (χ1) is 8.15. The lowest BCUT2D eigenvalue weighted by atomic mass is 10.1. The van der Waals surface area contributed by atoms with Crippen LogP contribution in [0.5, 0.6) is 0 Å². The molecule has 0 bridgehead atoms. The molecule has 0 aromatic carbocycles. The summed E-state index contributed by atoms with van der Waals surface area (Å²) in [6, 6.07) is 3.71. The van der Waals surface area contributed by atoms with Crippen molar-refractivity contribution in [3.63, 3.8) is 0 Å². The van der Waals surface area contributed by atoms with Gasteiger partial charge in [0.25, 0.3) is 0 Å². The van der Waals surface area contributed by atoms with Gasteiger partial charge in [-0.3, -0.25) is 0 Å². The molecule has 17 heavy (non-hydrogen) atoms. The van der Waals surface area contributed by atoms with E-state index in [1.807, 2.05) is 24.3 Å². The highest BCUT2D eigenvalue weighted by molar-refractivity contribution is 7.80. The summed E-state index contributed by atoms with van der Waals surface area (Å²) in [5, 5.41) is 2.16. The van der Waals surface area contributed by atoms with Gasteiger partial charge in [-0.15, -0.1) is 0 Å². The summed E-state index contributed by atoms with van der Waals surface area (Å²) < 4.78 is 0. The number of allylic oxidation sites excluding steroid dienone is 3. The monoisotopic (exact) mass is 265 g/mol. The van der Waals surface area contributed by atoms with Crippen LogP contribution in [0.3, 0.4) is 0 Å². The third kappa shape index (κ3) is 3.36. The minimum atomic E-state index is 0.495. The van der Waals surface area contributed by atoms with Crippen molar-refractivity contribution in [2.24, 2.45) is 5.84 Å². The molecule has 88 valence electrons. The van der Waals surface area contributed by atoms with Gasteiger partial charge in [-0.05, 0) is 23.8 Å². The van der Waals surface area contributed by atoms with Gasteiger partial charge in [0.2, 0.25) is 0 Å². The molecule has 1 aliphatic heterocycles. The summed E-state index contributed by atoms with van der Waals surface area (Å²) in [6.07, 6.45) is 8.25. The topological polar surface area (TPSA) is 42.1 Å². The van der Waals surface area contributed by atoms with Crippen LogP contribution in [0.15, 0.2) is 42.3 Å². The Hall–Kier alpha value is -1.23. The lowest BCUT2D eigenvalue weighted by Crippen LogP contribution is -2.34. The molecule has 1 aliphatic rings. The van der Waals surface area contributed by atoms with E-state index in [1.54, 1.807) is 17.3 Å². The first kappa shape index (κ1) is 12.2. The van der Waals surface area contributed by atoms with Crippen LogP contribution in [0.1, 0.15) is 5.56 Å². The number of pyridine rings is 1. The first-order valence-electron chi connectivity index (χ1n) is 5.18. The fourth-order valence-electron chi connectivity index (χ4n) is 1.57. The van der Waals surface area contributed by atoms with Crippen molar-refractivity contribution in [2.45, 2.75) is 6.42 Å². The molecule has 0 unspecified atom stereocenters. The van der Waals surface area contributed by atoms with Crippen molar-refractivity contribution < 1.29 is 0 Å². The zero-order chi connectivity index (χ0) is 12.3. The van der Waals surface area contributed by atoms with Crippen LogP contribution in [0.2, 0.25) is 5.15 Å². The molecule has 0 saturated carbocycles. The molecule has 0 amide bonds. The van der Waals surface area contributed by atoms with E-state index in [0.717, 1.165) is 16.1 Å². The van der Waals surface area contributed by atoms with Gasteiger partial charge < -0.3 is 5.01 Å². The molecule has 5 heteroatoms. The van der Waals surface area contributed by atoms with E-state index in [-0.39, 0.29) is 0 Å². The SMILES string of the molecule is NN1CC(=S)C=CC=C1Cc1ccc(Cl)nc1. The molecule has 0 fully saturated rings. The number of rotatable bonds is 2. The lowest BCUT2D eigenvalue weighted by molar-refractivity contribution is 0.403. The zero-order valence-electron chi connectivity index (χ0n) is 9.14. The Labute approximate surface area is 111 Å². The summed E-state index contributed by atoms with van der Waals surface area (Å²) >= 11 is 10.9. The summed E-state index contributed by atoms with van der Waals surface area (Å²) in [4.78, 5) is 4.87. The number of hydrogen-bond donors (Lipinski definition) is 1. The Kier molecular flexibility index (Phi) is 3.89. The molecule has 3 nitrogen and oxygen atoms in total. The fourth-order valence-corrected chi connectivity index (χ4v) is 1.89. The summed E-state index contributed by atoms with van der Waals surface area (Å²) in [5.74, 6) is 5.94. The Balaban J connectivity index is 2.13. The van der Waals surface area contributed by atoms with Gasteiger partial charge in [0.1, 0.15) is 5.15 Å². The summed E-state index contributed by atoms with van der Waals surface area (Å²) in [5.41, 5.74) is 2.07. The highest BCUT2D eigenvalue weighted by atomic mass is 35.5. The summed E-state index contributed by atoms with van der Waals surface area (Å²) in [6.45, 7) is 0.568. The first-order valence-corrected chi connectivity index (χ1v) is 5.96. The van der Waals surface area contributed by atoms with Crippen LogP contribution in [0, 0.1) is 0 Å². The number of aromatic nitrogens is 1. The molecule has 0 saturated heterocycles. The van der Waals surface area contributed by atoms with Gasteiger partial charge in [-0.25, -0.2) is 10.8 Å². The molecule has 1 aromatic rings. The van der Waals surface area contributed by atoms with E-state index < -0.39 is 0 Å². The maximum absolute atomic E-state index is 5.94. The third-order valence-electron chi connectivity index (χ3n) is 2.44. The van der Waals surface area contributed by atoms with Crippen LogP contribution in [0.25, 0.3) is 0 Å². The minimum absolute atomic E-state index is 0.495. The smallest absolute Gasteiger partial charge is 0.129 e. The average Bonchev–Trinajstić information content (AvgIpc) is 2.44. The second-order valence-electron chi connectivity index (χ2n) is 3.78. The molecule has 2 heterocycles. The van der Waals surface area contributed by atoms with E-state index in [4.69, 9.17) is 29.7 Å². The van der Waals surface area contributed by atoms with Gasteiger partial charge in [0.05, 0.1) is 6.54 Å². The molecule has 2 N–H and O–H groups in total. The number of nitrogens with two attached hydrogens (primary N) is 1. The standard InChI is InChI=1S/C12H12ClN3S/c13-12-5-4-9(7-15-12)6-10-2-1-3-11(17)8-16(10)14/h1-5,7H,6,8,14H2.